The number of methoxy groups -OCH3 is 1. The minimum atomic E-state index is -0.763. The molecule has 0 saturated carbocycles. The van der Waals surface area contributed by atoms with Crippen LogP contribution in [0.4, 0.5) is 0 Å². The number of carbonyl (C=O) groups is 2. The number of morpholine rings is 1. The summed E-state index contributed by atoms with van der Waals surface area (Å²) in [5.41, 5.74) is 1.72. The summed E-state index contributed by atoms with van der Waals surface area (Å²) in [4.78, 5) is 34.8. The van der Waals surface area contributed by atoms with E-state index in [2.05, 4.69) is 9.97 Å². The summed E-state index contributed by atoms with van der Waals surface area (Å²) < 4.78 is 12.1. The zero-order valence-electron chi connectivity index (χ0n) is 13.2. The molecule has 0 radical (unpaired) electrons. The van der Waals surface area contributed by atoms with Gasteiger partial charge in [0.15, 0.2) is 11.7 Å². The first-order valence-electron chi connectivity index (χ1n) is 7.30. The Hall–Kier alpha value is -2.48. The van der Waals surface area contributed by atoms with Gasteiger partial charge in [0.1, 0.15) is 5.52 Å². The van der Waals surface area contributed by atoms with Crippen LogP contribution in [-0.4, -0.2) is 63.7 Å². The Morgan fingerprint density at radius 3 is 2.91 bits per heavy atom. The van der Waals surface area contributed by atoms with E-state index in [0.29, 0.717) is 29.9 Å². The summed E-state index contributed by atoms with van der Waals surface area (Å²) in [6, 6.07) is 0.916. The largest absolute Gasteiger partial charge is 0.467 e. The van der Waals surface area contributed by atoms with Gasteiger partial charge >= 0.3 is 5.97 Å². The van der Waals surface area contributed by atoms with Gasteiger partial charge in [-0.3, -0.25) is 4.79 Å². The lowest BCUT2D eigenvalue weighted by atomic mass is 10.1. The van der Waals surface area contributed by atoms with Crippen LogP contribution >= 0.6 is 0 Å². The molecule has 3 rings (SSSR count). The number of nitrogens with zero attached hydrogens (tertiary/aromatic N) is 4. The number of rotatable bonds is 2. The van der Waals surface area contributed by atoms with E-state index >= 15 is 0 Å². The third-order valence-electron chi connectivity index (χ3n) is 4.00. The highest BCUT2D eigenvalue weighted by atomic mass is 16.5. The van der Waals surface area contributed by atoms with Crippen LogP contribution in [0.3, 0.4) is 0 Å². The number of hydrogen-bond acceptors (Lipinski definition) is 6. The number of ether oxygens (including phenoxy) is 2. The lowest BCUT2D eigenvalue weighted by molar-refractivity contribution is -0.156. The highest BCUT2D eigenvalue weighted by Crippen LogP contribution is 2.20. The van der Waals surface area contributed by atoms with Crippen molar-refractivity contribution in [2.75, 3.05) is 20.3 Å². The Kier molecular flexibility index (Phi) is 3.99. The highest BCUT2D eigenvalue weighted by molar-refractivity contribution is 5.98. The summed E-state index contributed by atoms with van der Waals surface area (Å²) in [6.45, 7) is 2.45. The van der Waals surface area contributed by atoms with E-state index in [4.69, 9.17) is 9.47 Å². The van der Waals surface area contributed by atoms with Crippen LogP contribution in [0.5, 0.6) is 0 Å². The third kappa shape index (κ3) is 2.65. The summed E-state index contributed by atoms with van der Waals surface area (Å²) in [5, 5.41) is 0. The van der Waals surface area contributed by atoms with Gasteiger partial charge in [0.2, 0.25) is 0 Å². The smallest absolute Gasteiger partial charge is 0.331 e. The molecule has 1 aliphatic heterocycles. The second-order valence-corrected chi connectivity index (χ2v) is 5.46. The molecule has 2 aromatic rings. The molecule has 8 heteroatoms. The van der Waals surface area contributed by atoms with Crippen molar-refractivity contribution in [3.63, 3.8) is 0 Å². The summed E-state index contributed by atoms with van der Waals surface area (Å²) in [6.07, 6.45) is 2.72. The number of aryl methyl sites for hydroxylation is 1. The Labute approximate surface area is 133 Å². The van der Waals surface area contributed by atoms with Crippen LogP contribution in [0, 0.1) is 0 Å². The van der Waals surface area contributed by atoms with E-state index in [1.165, 1.54) is 18.2 Å². The summed E-state index contributed by atoms with van der Waals surface area (Å²) >= 11 is 0. The van der Waals surface area contributed by atoms with Gasteiger partial charge in [0, 0.05) is 19.8 Å². The number of aromatic nitrogens is 3. The number of imidazole rings is 1. The van der Waals surface area contributed by atoms with Gasteiger partial charge in [0.25, 0.3) is 5.91 Å². The van der Waals surface area contributed by atoms with E-state index in [-0.39, 0.29) is 5.91 Å². The molecule has 122 valence electrons. The molecule has 8 nitrogen and oxygen atoms in total. The Morgan fingerprint density at radius 1 is 1.39 bits per heavy atom. The molecule has 0 aliphatic carbocycles. The van der Waals surface area contributed by atoms with Crippen molar-refractivity contribution in [2.24, 2.45) is 7.05 Å². The van der Waals surface area contributed by atoms with Gasteiger partial charge in [-0.15, -0.1) is 0 Å². The first kappa shape index (κ1) is 15.4. The van der Waals surface area contributed by atoms with Gasteiger partial charge in [-0.2, -0.15) is 0 Å². The maximum Gasteiger partial charge on any atom is 0.331 e. The van der Waals surface area contributed by atoms with Crippen LogP contribution in [0.2, 0.25) is 0 Å². The second kappa shape index (κ2) is 5.96. The zero-order valence-corrected chi connectivity index (χ0v) is 13.2. The van der Waals surface area contributed by atoms with Crippen molar-refractivity contribution in [3.8, 4) is 0 Å². The highest BCUT2D eigenvalue weighted by Gasteiger charge is 2.39. The fourth-order valence-electron chi connectivity index (χ4n) is 2.79. The molecular weight excluding hydrogens is 300 g/mol. The Morgan fingerprint density at radius 2 is 2.17 bits per heavy atom. The zero-order chi connectivity index (χ0) is 16.6. The number of amides is 1. The molecule has 2 aromatic heterocycles. The molecule has 0 unspecified atom stereocenters. The molecular formula is C15H18N4O4. The van der Waals surface area contributed by atoms with Crippen LogP contribution in [0.15, 0.2) is 18.6 Å². The normalized spacial score (nSPS) is 21.4. The first-order chi connectivity index (χ1) is 11.0. The molecule has 3 heterocycles. The van der Waals surface area contributed by atoms with Gasteiger partial charge in [-0.1, -0.05) is 0 Å². The van der Waals surface area contributed by atoms with E-state index < -0.39 is 18.1 Å². The molecule has 0 spiro atoms. The monoisotopic (exact) mass is 318 g/mol. The minimum Gasteiger partial charge on any atom is -0.467 e. The molecule has 1 aliphatic rings. The van der Waals surface area contributed by atoms with Crippen molar-refractivity contribution < 1.29 is 19.1 Å². The molecule has 0 bridgehead atoms. The fourth-order valence-corrected chi connectivity index (χ4v) is 2.79. The third-order valence-corrected chi connectivity index (χ3v) is 4.00. The molecule has 23 heavy (non-hydrogen) atoms. The number of pyridine rings is 1. The topological polar surface area (TPSA) is 86.6 Å². The molecule has 1 saturated heterocycles. The minimum absolute atomic E-state index is 0.282. The lowest BCUT2D eigenvalue weighted by Crippen LogP contribution is -2.56. The maximum atomic E-state index is 12.8. The summed E-state index contributed by atoms with van der Waals surface area (Å²) in [7, 11) is 3.13. The second-order valence-electron chi connectivity index (χ2n) is 5.46. The molecule has 1 amide bonds. The van der Waals surface area contributed by atoms with E-state index in [9.17, 15) is 9.59 Å². The molecule has 1 fully saturated rings. The van der Waals surface area contributed by atoms with E-state index in [0.717, 1.165) is 0 Å². The van der Waals surface area contributed by atoms with Crippen LogP contribution < -0.4 is 0 Å². The van der Waals surface area contributed by atoms with Crippen molar-refractivity contribution >= 4 is 23.0 Å². The van der Waals surface area contributed by atoms with Gasteiger partial charge < -0.3 is 18.9 Å². The molecule has 2 atom stereocenters. The average Bonchev–Trinajstić information content (AvgIpc) is 2.94. The number of esters is 1. The lowest BCUT2D eigenvalue weighted by Gasteiger charge is -2.37. The van der Waals surface area contributed by atoms with Crippen LogP contribution in [0.1, 0.15) is 17.3 Å². The quantitative estimate of drug-likeness (QED) is 0.744. The molecule has 0 aromatic carbocycles. The van der Waals surface area contributed by atoms with Gasteiger partial charge in [0.05, 0.1) is 31.7 Å². The standard InChI is InChI=1S/C15H18N4O4/c1-9-12(15(21)22-3)19(4-5-23-9)14(20)10-6-11-13(16-7-10)18(2)8-17-11/h6-9,12H,4-5H2,1-3H3/t9-,12+/m1/s1. The average molecular weight is 318 g/mol. The van der Waals surface area contributed by atoms with Crippen molar-refractivity contribution in [3.05, 3.63) is 24.2 Å². The fraction of sp³-hybridized carbons (Fsp3) is 0.467. The Bertz CT molecular complexity index is 757. The van der Waals surface area contributed by atoms with Crippen LogP contribution in [0.25, 0.3) is 11.2 Å². The number of carbonyl (C=O) groups excluding carboxylic acids is 2. The van der Waals surface area contributed by atoms with E-state index in [1.54, 1.807) is 23.9 Å². The predicted molar refractivity (Wildman–Crippen MR) is 80.8 cm³/mol. The SMILES string of the molecule is COC(=O)[C@@H]1[C@@H](C)OCCN1C(=O)c1cnc2c(c1)ncn2C. The Balaban J connectivity index is 1.93. The summed E-state index contributed by atoms with van der Waals surface area (Å²) in [5.74, 6) is -0.770. The van der Waals surface area contributed by atoms with Crippen molar-refractivity contribution in [1.82, 2.24) is 19.4 Å². The van der Waals surface area contributed by atoms with Crippen LogP contribution in [-0.2, 0) is 21.3 Å². The van der Waals surface area contributed by atoms with Crippen molar-refractivity contribution in [1.29, 1.82) is 0 Å². The molecule has 0 N–H and O–H groups in total. The number of fused-ring (bicyclic) bond motifs is 1. The van der Waals surface area contributed by atoms with E-state index in [1.807, 2.05) is 7.05 Å². The van der Waals surface area contributed by atoms with Gasteiger partial charge in [-0.25, -0.2) is 14.8 Å². The predicted octanol–water partition coefficient (Wildman–Crippen LogP) is 0.371. The van der Waals surface area contributed by atoms with Crippen molar-refractivity contribution in [2.45, 2.75) is 19.1 Å². The maximum absolute atomic E-state index is 12.8. The first-order valence-corrected chi connectivity index (χ1v) is 7.30. The number of hydrogen-bond donors (Lipinski definition) is 0. The van der Waals surface area contributed by atoms with Gasteiger partial charge in [-0.05, 0) is 13.0 Å².